The van der Waals surface area contributed by atoms with E-state index in [9.17, 15) is 9.59 Å². The highest BCUT2D eigenvalue weighted by atomic mass is 16.7. The molecule has 1 aliphatic rings. The fourth-order valence-electron chi connectivity index (χ4n) is 3.76. The average Bonchev–Trinajstić information content (AvgIpc) is 3.25. The molecular weight excluding hydrogens is 464 g/mol. The van der Waals surface area contributed by atoms with Crippen LogP contribution in [0.4, 0.5) is 17.6 Å². The predicted molar refractivity (Wildman–Crippen MR) is 133 cm³/mol. The molecule has 3 aromatic rings. The Labute approximate surface area is 208 Å². The van der Waals surface area contributed by atoms with E-state index < -0.39 is 5.91 Å². The molecule has 2 heterocycles. The summed E-state index contributed by atoms with van der Waals surface area (Å²) in [6.07, 6.45) is 4.22. The zero-order valence-electron chi connectivity index (χ0n) is 20.1. The minimum Gasteiger partial charge on any atom is -0.484 e. The van der Waals surface area contributed by atoms with Crippen molar-refractivity contribution in [2.24, 2.45) is 0 Å². The molecule has 11 heteroatoms. The third kappa shape index (κ3) is 7.03. The molecule has 0 bridgehead atoms. The summed E-state index contributed by atoms with van der Waals surface area (Å²) in [5, 5.41) is 7.17. The third-order valence-electron chi connectivity index (χ3n) is 5.55. The maximum atomic E-state index is 12.7. The summed E-state index contributed by atoms with van der Waals surface area (Å²) < 4.78 is 12.2. The van der Waals surface area contributed by atoms with E-state index in [4.69, 9.17) is 20.0 Å². The third-order valence-corrected chi connectivity index (χ3v) is 5.55. The summed E-state index contributed by atoms with van der Waals surface area (Å²) in [6, 6.07) is 14.0. The fourth-order valence-corrected chi connectivity index (χ4v) is 3.76. The van der Waals surface area contributed by atoms with Gasteiger partial charge in [0.2, 0.25) is 11.9 Å². The Morgan fingerprint density at radius 1 is 1.19 bits per heavy atom. The lowest BCUT2D eigenvalue weighted by molar-refractivity contribution is -0.136. The van der Waals surface area contributed by atoms with Crippen molar-refractivity contribution in [1.82, 2.24) is 20.2 Å². The highest BCUT2D eigenvalue weighted by Crippen LogP contribution is 2.21. The number of nitrogens with one attached hydrogen (secondary N) is 2. The van der Waals surface area contributed by atoms with E-state index in [1.807, 2.05) is 13.0 Å². The van der Waals surface area contributed by atoms with Crippen LogP contribution in [0.2, 0.25) is 0 Å². The number of amides is 1. The second-order valence-electron chi connectivity index (χ2n) is 8.47. The first-order valence-corrected chi connectivity index (χ1v) is 11.8. The molecular formula is C25H30N6O5. The summed E-state index contributed by atoms with van der Waals surface area (Å²) in [6.45, 7) is 2.85. The van der Waals surface area contributed by atoms with Crippen LogP contribution in [-0.2, 0) is 14.4 Å². The van der Waals surface area contributed by atoms with Crippen molar-refractivity contribution in [3.8, 4) is 5.75 Å². The maximum absolute atomic E-state index is 12.7. The number of ether oxygens (including phenoxy) is 2. The minimum absolute atomic E-state index is 0.0388. The average molecular weight is 495 g/mol. The molecule has 1 aliphatic heterocycles. The quantitative estimate of drug-likeness (QED) is 0.286. The van der Waals surface area contributed by atoms with Gasteiger partial charge in [-0.3, -0.25) is 14.4 Å². The zero-order chi connectivity index (χ0) is 25.3. The monoisotopic (exact) mass is 494 g/mol. The van der Waals surface area contributed by atoms with Gasteiger partial charge in [0.05, 0.1) is 12.7 Å². The minimum atomic E-state index is -0.402. The lowest BCUT2D eigenvalue weighted by Crippen LogP contribution is -2.30. The van der Waals surface area contributed by atoms with Gasteiger partial charge in [-0.15, -0.1) is 5.10 Å². The Morgan fingerprint density at radius 2 is 2.06 bits per heavy atom. The van der Waals surface area contributed by atoms with Gasteiger partial charge in [-0.25, -0.2) is 5.48 Å². The molecule has 0 aliphatic carbocycles. The summed E-state index contributed by atoms with van der Waals surface area (Å²) >= 11 is 0. The number of carbonyl (C=O) groups excluding carboxylic acids is 2. The standard InChI is InChI=1S/C25H30N6O5/c1-17-6-4-7-18(14-17)23(33)31-24(26)28-25(29-31)27-19-8-5-10-21(15-19)35-16-22(32)30-36-13-11-20-9-2-3-12-34-20/h4-8,10,14-15,20H,2-3,9,11-13,16H2,1H3,(H,30,32)(H3,26,27,28,29). The summed E-state index contributed by atoms with van der Waals surface area (Å²) in [7, 11) is 0. The highest BCUT2D eigenvalue weighted by Gasteiger charge is 2.17. The Kier molecular flexibility index (Phi) is 8.48. The Hall–Kier alpha value is -3.96. The number of nitrogens with two attached hydrogens (primary N) is 1. The van der Waals surface area contributed by atoms with E-state index in [1.165, 1.54) is 0 Å². The van der Waals surface area contributed by atoms with E-state index in [0.717, 1.165) is 42.5 Å². The van der Waals surface area contributed by atoms with Gasteiger partial charge < -0.3 is 20.5 Å². The van der Waals surface area contributed by atoms with Crippen molar-refractivity contribution in [2.75, 3.05) is 30.9 Å². The summed E-state index contributed by atoms with van der Waals surface area (Å²) in [4.78, 5) is 34.1. The topological polar surface area (TPSA) is 143 Å². The smallest absolute Gasteiger partial charge is 0.281 e. The van der Waals surface area contributed by atoms with E-state index in [2.05, 4.69) is 20.9 Å². The molecule has 4 N–H and O–H groups in total. The maximum Gasteiger partial charge on any atom is 0.281 e. The van der Waals surface area contributed by atoms with Crippen LogP contribution in [0.1, 0.15) is 41.6 Å². The van der Waals surface area contributed by atoms with Crippen LogP contribution < -0.4 is 21.3 Å². The number of hydrogen-bond acceptors (Lipinski definition) is 9. The molecule has 2 aromatic carbocycles. The van der Waals surface area contributed by atoms with Crippen LogP contribution in [-0.4, -0.2) is 52.5 Å². The van der Waals surface area contributed by atoms with Crippen LogP contribution in [0.15, 0.2) is 48.5 Å². The lowest BCUT2D eigenvalue weighted by Gasteiger charge is -2.22. The second-order valence-corrected chi connectivity index (χ2v) is 8.47. The molecule has 1 aromatic heterocycles. The van der Waals surface area contributed by atoms with Crippen molar-refractivity contribution < 1.29 is 23.9 Å². The Balaban J connectivity index is 1.26. The van der Waals surface area contributed by atoms with E-state index in [1.54, 1.807) is 42.5 Å². The number of aromatic nitrogens is 3. The van der Waals surface area contributed by atoms with Gasteiger partial charge in [-0.05, 0) is 56.9 Å². The van der Waals surface area contributed by atoms with Crippen molar-refractivity contribution in [3.05, 3.63) is 59.7 Å². The number of nitrogen functional groups attached to an aromatic ring is 1. The molecule has 190 valence electrons. The molecule has 0 saturated carbocycles. The number of hydrogen-bond donors (Lipinski definition) is 3. The van der Waals surface area contributed by atoms with Gasteiger partial charge in [0.1, 0.15) is 5.75 Å². The van der Waals surface area contributed by atoms with Crippen molar-refractivity contribution in [1.29, 1.82) is 0 Å². The van der Waals surface area contributed by atoms with Crippen LogP contribution in [0.3, 0.4) is 0 Å². The van der Waals surface area contributed by atoms with Crippen LogP contribution in [0.5, 0.6) is 5.75 Å². The molecule has 36 heavy (non-hydrogen) atoms. The lowest BCUT2D eigenvalue weighted by atomic mass is 10.1. The van der Waals surface area contributed by atoms with Crippen molar-refractivity contribution in [3.63, 3.8) is 0 Å². The number of rotatable bonds is 10. The first-order chi connectivity index (χ1) is 17.5. The molecule has 1 saturated heterocycles. The summed E-state index contributed by atoms with van der Waals surface area (Å²) in [5.41, 5.74) is 10.3. The van der Waals surface area contributed by atoms with Gasteiger partial charge in [0.15, 0.2) is 6.61 Å². The molecule has 4 rings (SSSR count). The first-order valence-electron chi connectivity index (χ1n) is 11.8. The van der Waals surface area contributed by atoms with Crippen LogP contribution >= 0.6 is 0 Å². The molecule has 1 fully saturated rings. The Bertz CT molecular complexity index is 1190. The van der Waals surface area contributed by atoms with Crippen LogP contribution in [0, 0.1) is 6.92 Å². The van der Waals surface area contributed by atoms with Crippen LogP contribution in [0.25, 0.3) is 0 Å². The SMILES string of the molecule is Cc1cccc(C(=O)n2nc(Nc3cccc(OCC(=O)NOCCC4CCCCO4)c3)nc2N)c1. The normalized spacial score (nSPS) is 15.3. The van der Waals surface area contributed by atoms with Gasteiger partial charge in [0.25, 0.3) is 11.8 Å². The summed E-state index contributed by atoms with van der Waals surface area (Å²) in [5.74, 6) is -0.218. The predicted octanol–water partition coefficient (Wildman–Crippen LogP) is 2.99. The number of benzene rings is 2. The largest absolute Gasteiger partial charge is 0.484 e. The van der Waals surface area contributed by atoms with E-state index in [-0.39, 0.29) is 30.5 Å². The number of hydroxylamine groups is 1. The number of anilines is 3. The zero-order valence-corrected chi connectivity index (χ0v) is 20.1. The van der Waals surface area contributed by atoms with E-state index >= 15 is 0 Å². The highest BCUT2D eigenvalue weighted by molar-refractivity contribution is 5.97. The fraction of sp³-hybridized carbons (Fsp3) is 0.360. The molecule has 1 amide bonds. The molecule has 0 radical (unpaired) electrons. The van der Waals surface area contributed by atoms with Gasteiger partial charge in [-0.2, -0.15) is 9.67 Å². The molecule has 1 unspecified atom stereocenters. The number of aryl methyl sites for hydroxylation is 1. The molecule has 11 nitrogen and oxygen atoms in total. The van der Waals surface area contributed by atoms with Gasteiger partial charge >= 0.3 is 0 Å². The number of carbonyl (C=O) groups is 2. The van der Waals surface area contributed by atoms with Gasteiger partial charge in [0, 0.05) is 23.9 Å². The molecule has 1 atom stereocenters. The van der Waals surface area contributed by atoms with Crippen molar-refractivity contribution >= 4 is 29.4 Å². The van der Waals surface area contributed by atoms with E-state index in [0.29, 0.717) is 23.6 Å². The molecule has 0 spiro atoms. The van der Waals surface area contributed by atoms with Gasteiger partial charge in [-0.1, -0.05) is 23.8 Å². The second kappa shape index (κ2) is 12.1. The Morgan fingerprint density at radius 3 is 2.86 bits per heavy atom. The first kappa shape index (κ1) is 25.1. The van der Waals surface area contributed by atoms with Crippen molar-refractivity contribution in [2.45, 2.75) is 38.7 Å². The number of nitrogens with zero attached hydrogens (tertiary/aromatic N) is 3.